The van der Waals surface area contributed by atoms with Gasteiger partial charge >= 0.3 is 5.97 Å². The lowest BCUT2D eigenvalue weighted by molar-refractivity contribution is -0.135. The number of anilines is 1. The lowest BCUT2D eigenvalue weighted by Crippen LogP contribution is -2.30. The van der Waals surface area contributed by atoms with E-state index in [0.717, 1.165) is 18.5 Å². The van der Waals surface area contributed by atoms with Crippen LogP contribution < -0.4 is 4.90 Å². The molecule has 1 N–H and O–H groups in total. The predicted octanol–water partition coefficient (Wildman–Crippen LogP) is 3.20. The molecule has 0 fully saturated rings. The number of hydrogen-bond donors (Lipinski definition) is 1. The Morgan fingerprint density at radius 1 is 1.41 bits per heavy atom. The third-order valence-corrected chi connectivity index (χ3v) is 2.61. The Labute approximate surface area is 106 Å². The highest BCUT2D eigenvalue weighted by Gasteiger charge is 2.09. The van der Waals surface area contributed by atoms with Gasteiger partial charge in [-0.3, -0.25) is 4.79 Å². The van der Waals surface area contributed by atoms with Crippen molar-refractivity contribution in [3.63, 3.8) is 0 Å². The van der Waals surface area contributed by atoms with E-state index >= 15 is 0 Å². The number of carboxylic acid groups (broad SMARTS) is 1. The molecule has 1 rings (SSSR count). The highest BCUT2D eigenvalue weighted by atomic mass is 35.5. The van der Waals surface area contributed by atoms with Crippen molar-refractivity contribution in [3.05, 3.63) is 41.9 Å². The van der Waals surface area contributed by atoms with Crippen LogP contribution >= 0.6 is 11.6 Å². The van der Waals surface area contributed by atoms with Crippen LogP contribution in [-0.2, 0) is 4.79 Å². The molecule has 0 aliphatic heterocycles. The van der Waals surface area contributed by atoms with Crippen molar-refractivity contribution >= 4 is 23.3 Å². The quantitative estimate of drug-likeness (QED) is 0.599. The standard InChI is InChI=1S/C13H16ClNO2/c1-2-3-4-9-15(10-13(16)17)12-7-5-11(14)6-8-12/h2,5-8H,1,3-4,9-10H2,(H,16,17). The maximum absolute atomic E-state index is 10.8. The van der Waals surface area contributed by atoms with Gasteiger partial charge in [0.05, 0.1) is 0 Å². The molecule has 17 heavy (non-hydrogen) atoms. The number of carboxylic acids is 1. The van der Waals surface area contributed by atoms with E-state index in [-0.39, 0.29) is 6.54 Å². The first-order valence-electron chi connectivity index (χ1n) is 5.46. The molecule has 92 valence electrons. The van der Waals surface area contributed by atoms with Gasteiger partial charge in [-0.1, -0.05) is 17.7 Å². The summed E-state index contributed by atoms with van der Waals surface area (Å²) in [5, 5.41) is 9.52. The van der Waals surface area contributed by atoms with Gasteiger partial charge in [0.15, 0.2) is 0 Å². The van der Waals surface area contributed by atoms with Crippen molar-refractivity contribution in [1.29, 1.82) is 0 Å². The van der Waals surface area contributed by atoms with Gasteiger partial charge in [-0.2, -0.15) is 0 Å². The van der Waals surface area contributed by atoms with Crippen LogP contribution in [0.4, 0.5) is 5.69 Å². The van der Waals surface area contributed by atoms with Crippen LogP contribution in [0.25, 0.3) is 0 Å². The third kappa shape index (κ3) is 4.91. The molecule has 0 saturated carbocycles. The molecule has 0 heterocycles. The second-order valence-corrected chi connectivity index (χ2v) is 4.16. The van der Waals surface area contributed by atoms with Crippen LogP contribution in [0.2, 0.25) is 5.02 Å². The van der Waals surface area contributed by atoms with E-state index in [1.54, 1.807) is 12.1 Å². The van der Waals surface area contributed by atoms with Crippen LogP contribution in [0.5, 0.6) is 0 Å². The SMILES string of the molecule is C=CCCCN(CC(=O)O)c1ccc(Cl)cc1. The molecular weight excluding hydrogens is 238 g/mol. The molecule has 0 aliphatic carbocycles. The minimum absolute atomic E-state index is 0.00122. The normalized spacial score (nSPS) is 9.94. The molecule has 0 bridgehead atoms. The fraction of sp³-hybridized carbons (Fsp3) is 0.308. The Hall–Kier alpha value is -1.48. The molecule has 0 atom stereocenters. The number of rotatable bonds is 7. The van der Waals surface area contributed by atoms with Gasteiger partial charge in [0.25, 0.3) is 0 Å². The van der Waals surface area contributed by atoms with Gasteiger partial charge in [-0.15, -0.1) is 6.58 Å². The first-order valence-corrected chi connectivity index (χ1v) is 5.84. The van der Waals surface area contributed by atoms with Gasteiger partial charge < -0.3 is 10.0 Å². The van der Waals surface area contributed by atoms with E-state index in [1.807, 2.05) is 23.1 Å². The van der Waals surface area contributed by atoms with Crippen LogP contribution in [0, 0.1) is 0 Å². The van der Waals surface area contributed by atoms with E-state index in [9.17, 15) is 4.79 Å². The Morgan fingerprint density at radius 2 is 2.06 bits per heavy atom. The fourth-order valence-corrected chi connectivity index (χ4v) is 1.67. The maximum atomic E-state index is 10.8. The molecule has 1 aromatic carbocycles. The summed E-state index contributed by atoms with van der Waals surface area (Å²) in [6.45, 7) is 4.34. The second-order valence-electron chi connectivity index (χ2n) is 3.72. The lowest BCUT2D eigenvalue weighted by Gasteiger charge is -2.22. The average Bonchev–Trinajstić information content (AvgIpc) is 2.28. The Balaban J connectivity index is 2.70. The number of carbonyl (C=O) groups is 1. The minimum Gasteiger partial charge on any atom is -0.480 e. The molecule has 0 radical (unpaired) electrons. The van der Waals surface area contributed by atoms with Gasteiger partial charge in [0.1, 0.15) is 6.54 Å². The molecule has 0 unspecified atom stereocenters. The number of unbranched alkanes of at least 4 members (excludes halogenated alkanes) is 1. The van der Waals surface area contributed by atoms with Crippen molar-refractivity contribution < 1.29 is 9.90 Å². The van der Waals surface area contributed by atoms with Crippen molar-refractivity contribution in [1.82, 2.24) is 0 Å². The van der Waals surface area contributed by atoms with Gasteiger partial charge in [0.2, 0.25) is 0 Å². The summed E-state index contributed by atoms with van der Waals surface area (Å²) in [7, 11) is 0. The fourth-order valence-electron chi connectivity index (χ4n) is 1.54. The van der Waals surface area contributed by atoms with Crippen LogP contribution in [-0.4, -0.2) is 24.2 Å². The monoisotopic (exact) mass is 253 g/mol. The second kappa shape index (κ2) is 6.97. The third-order valence-electron chi connectivity index (χ3n) is 2.35. The van der Waals surface area contributed by atoms with Crippen LogP contribution in [0.1, 0.15) is 12.8 Å². The topological polar surface area (TPSA) is 40.5 Å². The van der Waals surface area contributed by atoms with Crippen molar-refractivity contribution in [2.75, 3.05) is 18.0 Å². The number of benzene rings is 1. The Bertz CT molecular complexity index is 376. The molecule has 0 aromatic heterocycles. The zero-order valence-electron chi connectivity index (χ0n) is 9.60. The molecule has 1 aromatic rings. The number of allylic oxidation sites excluding steroid dienone is 1. The number of aliphatic carboxylic acids is 1. The first kappa shape index (κ1) is 13.6. The average molecular weight is 254 g/mol. The largest absolute Gasteiger partial charge is 0.480 e. The van der Waals surface area contributed by atoms with E-state index in [1.165, 1.54) is 0 Å². The lowest BCUT2D eigenvalue weighted by atomic mass is 10.2. The van der Waals surface area contributed by atoms with Crippen molar-refractivity contribution in [2.24, 2.45) is 0 Å². The van der Waals surface area contributed by atoms with E-state index in [4.69, 9.17) is 16.7 Å². The zero-order chi connectivity index (χ0) is 12.7. The smallest absolute Gasteiger partial charge is 0.323 e. The molecule has 0 amide bonds. The molecule has 3 nitrogen and oxygen atoms in total. The van der Waals surface area contributed by atoms with Gasteiger partial charge in [-0.05, 0) is 37.1 Å². The van der Waals surface area contributed by atoms with Gasteiger partial charge in [-0.25, -0.2) is 0 Å². The summed E-state index contributed by atoms with van der Waals surface area (Å²) in [5.74, 6) is -0.835. The van der Waals surface area contributed by atoms with Crippen LogP contribution in [0.15, 0.2) is 36.9 Å². The number of halogens is 1. The summed E-state index contributed by atoms with van der Waals surface area (Å²) in [6, 6.07) is 7.19. The van der Waals surface area contributed by atoms with E-state index < -0.39 is 5.97 Å². The molecular formula is C13H16ClNO2. The summed E-state index contributed by atoms with van der Waals surface area (Å²) < 4.78 is 0. The molecule has 0 aliphatic rings. The van der Waals surface area contributed by atoms with Crippen molar-refractivity contribution in [3.8, 4) is 0 Å². The summed E-state index contributed by atoms with van der Waals surface area (Å²) in [4.78, 5) is 12.6. The molecule has 0 spiro atoms. The summed E-state index contributed by atoms with van der Waals surface area (Å²) in [5.41, 5.74) is 0.876. The van der Waals surface area contributed by atoms with Crippen molar-refractivity contribution in [2.45, 2.75) is 12.8 Å². The Morgan fingerprint density at radius 3 is 2.59 bits per heavy atom. The number of nitrogens with zero attached hydrogens (tertiary/aromatic N) is 1. The van der Waals surface area contributed by atoms with Gasteiger partial charge in [0, 0.05) is 17.3 Å². The highest BCUT2D eigenvalue weighted by Crippen LogP contribution is 2.18. The molecule has 0 saturated heterocycles. The first-order chi connectivity index (χ1) is 8.13. The number of hydrogen-bond acceptors (Lipinski definition) is 2. The minimum atomic E-state index is -0.835. The predicted molar refractivity (Wildman–Crippen MR) is 70.7 cm³/mol. The van der Waals surface area contributed by atoms with E-state index in [2.05, 4.69) is 6.58 Å². The highest BCUT2D eigenvalue weighted by molar-refractivity contribution is 6.30. The summed E-state index contributed by atoms with van der Waals surface area (Å²) in [6.07, 6.45) is 3.60. The molecule has 4 heteroatoms. The maximum Gasteiger partial charge on any atom is 0.323 e. The Kier molecular flexibility index (Phi) is 5.57. The van der Waals surface area contributed by atoms with Crippen LogP contribution in [0.3, 0.4) is 0 Å². The van der Waals surface area contributed by atoms with E-state index in [0.29, 0.717) is 11.6 Å². The summed E-state index contributed by atoms with van der Waals surface area (Å²) >= 11 is 5.80. The zero-order valence-corrected chi connectivity index (χ0v) is 10.4.